The largest absolute Gasteiger partial charge is 0.466 e. The number of aryl methyl sites for hydroxylation is 1. The summed E-state index contributed by atoms with van der Waals surface area (Å²) in [6.45, 7) is 4.08. The molecule has 1 fully saturated rings. The van der Waals surface area contributed by atoms with Gasteiger partial charge < -0.3 is 9.26 Å². The summed E-state index contributed by atoms with van der Waals surface area (Å²) < 4.78 is 75.7. The van der Waals surface area contributed by atoms with Crippen molar-refractivity contribution in [2.45, 2.75) is 44.2 Å². The van der Waals surface area contributed by atoms with E-state index in [4.69, 9.17) is 4.74 Å². The smallest absolute Gasteiger partial charge is 0.452 e. The molecule has 0 radical (unpaired) electrons. The van der Waals surface area contributed by atoms with E-state index in [1.807, 2.05) is 0 Å². The number of aromatic nitrogens is 1. The summed E-state index contributed by atoms with van der Waals surface area (Å²) in [6.07, 6.45) is -3.58. The van der Waals surface area contributed by atoms with Crippen LogP contribution in [0, 0.1) is 5.92 Å². The van der Waals surface area contributed by atoms with Crippen molar-refractivity contribution in [1.82, 2.24) is 9.46 Å². The lowest BCUT2D eigenvalue weighted by Crippen LogP contribution is -2.40. The minimum atomic E-state index is -4.69. The highest BCUT2D eigenvalue weighted by atomic mass is 32.2. The maximum Gasteiger partial charge on any atom is 0.452 e. The van der Waals surface area contributed by atoms with Crippen LogP contribution in [0.25, 0.3) is 11.3 Å². The molecule has 1 aliphatic heterocycles. The van der Waals surface area contributed by atoms with Gasteiger partial charge in [0, 0.05) is 24.7 Å². The van der Waals surface area contributed by atoms with Crippen molar-refractivity contribution in [3.63, 3.8) is 0 Å². The molecule has 2 aromatic rings. The summed E-state index contributed by atoms with van der Waals surface area (Å²) >= 11 is 0. The van der Waals surface area contributed by atoms with E-state index in [2.05, 4.69) is 9.68 Å². The quantitative estimate of drug-likeness (QED) is 0.608. The Kier molecular flexibility index (Phi) is 6.75. The van der Waals surface area contributed by atoms with E-state index >= 15 is 0 Å². The predicted octanol–water partition coefficient (Wildman–Crippen LogP) is 3.89. The lowest BCUT2D eigenvalue weighted by molar-refractivity contribution is -0.155. The molecule has 11 heteroatoms. The Bertz CT molecular complexity index is 1040. The maximum absolute atomic E-state index is 13.3. The number of carbonyl (C=O) groups excluding carboxylic acids is 1. The fourth-order valence-corrected chi connectivity index (χ4v) is 5.31. The van der Waals surface area contributed by atoms with Gasteiger partial charge in [0.2, 0.25) is 15.8 Å². The topological polar surface area (TPSA) is 89.7 Å². The van der Waals surface area contributed by atoms with Crippen LogP contribution in [0.1, 0.15) is 38.0 Å². The molecule has 1 aliphatic rings. The Balaban J connectivity index is 1.88. The first-order valence-electron chi connectivity index (χ1n) is 9.91. The molecule has 1 aromatic heterocycles. The fourth-order valence-electron chi connectivity index (χ4n) is 3.52. The number of piperidine rings is 1. The van der Waals surface area contributed by atoms with Gasteiger partial charge in [-0.2, -0.15) is 17.5 Å². The van der Waals surface area contributed by atoms with Crippen molar-refractivity contribution < 1.29 is 35.6 Å². The maximum atomic E-state index is 13.3. The predicted molar refractivity (Wildman–Crippen MR) is 104 cm³/mol. The number of halogens is 3. The highest BCUT2D eigenvalue weighted by Crippen LogP contribution is 2.34. The number of ether oxygens (including phenoxy) is 1. The van der Waals surface area contributed by atoms with E-state index in [0.29, 0.717) is 24.8 Å². The second kappa shape index (κ2) is 8.99. The summed E-state index contributed by atoms with van der Waals surface area (Å²) in [5, 5.41) is 3.44. The Labute approximate surface area is 178 Å². The number of carbonyl (C=O) groups is 1. The molecule has 0 spiro atoms. The van der Waals surface area contributed by atoms with Gasteiger partial charge in [0.1, 0.15) is 5.69 Å². The lowest BCUT2D eigenvalue weighted by atomic mass is 9.98. The summed E-state index contributed by atoms with van der Waals surface area (Å²) in [5.74, 6) is -1.94. The standard InChI is InChI=1S/C20H23F3N2O5S/c1-3-13-5-6-15(16-12-18(30-24-16)20(21,22)23)11-17(13)31(27,28)25-9-7-14(8-10-25)19(26)29-4-2/h5-6,11-12,14H,3-4,7-10H2,1-2H3. The number of sulfonamides is 1. The van der Waals surface area contributed by atoms with Crippen LogP contribution in [0.5, 0.6) is 0 Å². The van der Waals surface area contributed by atoms with Gasteiger partial charge in [0.15, 0.2) is 0 Å². The molecule has 7 nitrogen and oxygen atoms in total. The molecular weight excluding hydrogens is 437 g/mol. The normalized spacial score (nSPS) is 16.4. The van der Waals surface area contributed by atoms with Gasteiger partial charge in [0.25, 0.3) is 0 Å². The SMILES string of the molecule is CCOC(=O)C1CCN(S(=O)(=O)c2cc(-c3cc(C(F)(F)F)on3)ccc2CC)CC1. The highest BCUT2D eigenvalue weighted by Gasteiger charge is 2.37. The molecular formula is C20H23F3N2O5S. The average Bonchev–Trinajstić information content (AvgIpc) is 3.24. The van der Waals surface area contributed by atoms with Crippen molar-refractivity contribution >= 4 is 16.0 Å². The van der Waals surface area contributed by atoms with Crippen LogP contribution in [0.3, 0.4) is 0 Å². The van der Waals surface area contributed by atoms with Crippen LogP contribution in [0.4, 0.5) is 13.2 Å². The van der Waals surface area contributed by atoms with E-state index < -0.39 is 22.0 Å². The van der Waals surface area contributed by atoms with Crippen molar-refractivity contribution in [3.05, 3.63) is 35.6 Å². The third kappa shape index (κ3) is 4.93. The van der Waals surface area contributed by atoms with Gasteiger partial charge >= 0.3 is 12.1 Å². The molecule has 1 aromatic carbocycles. The third-order valence-electron chi connectivity index (χ3n) is 5.23. The number of hydrogen-bond acceptors (Lipinski definition) is 6. The van der Waals surface area contributed by atoms with E-state index in [9.17, 15) is 26.4 Å². The average molecular weight is 460 g/mol. The zero-order chi connectivity index (χ0) is 22.8. The van der Waals surface area contributed by atoms with Gasteiger partial charge in [-0.1, -0.05) is 24.2 Å². The van der Waals surface area contributed by atoms with Crippen molar-refractivity contribution in [2.24, 2.45) is 5.92 Å². The number of esters is 1. The lowest BCUT2D eigenvalue weighted by Gasteiger charge is -2.30. The Morgan fingerprint density at radius 2 is 1.90 bits per heavy atom. The van der Waals surface area contributed by atoms with Gasteiger partial charge in [-0.15, -0.1) is 0 Å². The molecule has 0 unspecified atom stereocenters. The minimum Gasteiger partial charge on any atom is -0.466 e. The first kappa shape index (κ1) is 23.3. The summed E-state index contributed by atoms with van der Waals surface area (Å²) in [7, 11) is -3.92. The number of hydrogen-bond donors (Lipinski definition) is 0. The number of alkyl halides is 3. The molecule has 3 rings (SSSR count). The molecule has 0 N–H and O–H groups in total. The Morgan fingerprint density at radius 3 is 2.45 bits per heavy atom. The molecule has 0 saturated carbocycles. The van der Waals surface area contributed by atoms with Gasteiger partial charge in [-0.25, -0.2) is 8.42 Å². The van der Waals surface area contributed by atoms with Crippen molar-refractivity contribution in [2.75, 3.05) is 19.7 Å². The Morgan fingerprint density at radius 1 is 1.23 bits per heavy atom. The molecule has 0 aliphatic carbocycles. The first-order chi connectivity index (χ1) is 14.6. The van der Waals surface area contributed by atoms with Crippen molar-refractivity contribution in [1.29, 1.82) is 0 Å². The van der Waals surface area contributed by atoms with Crippen LogP contribution >= 0.6 is 0 Å². The number of nitrogens with zero attached hydrogens (tertiary/aromatic N) is 2. The van der Waals surface area contributed by atoms with E-state index in [0.717, 1.165) is 6.07 Å². The second-order valence-corrected chi connectivity index (χ2v) is 9.09. The molecule has 170 valence electrons. The summed E-state index contributed by atoms with van der Waals surface area (Å²) in [6, 6.07) is 5.14. The summed E-state index contributed by atoms with van der Waals surface area (Å²) in [4.78, 5) is 11.9. The minimum absolute atomic E-state index is 0.0126. The summed E-state index contributed by atoms with van der Waals surface area (Å²) in [5.41, 5.74) is 0.639. The zero-order valence-corrected chi connectivity index (χ0v) is 17.9. The van der Waals surface area contributed by atoms with Crippen LogP contribution in [0.2, 0.25) is 0 Å². The van der Waals surface area contributed by atoms with Gasteiger partial charge in [0.05, 0.1) is 17.4 Å². The van der Waals surface area contributed by atoms with Crippen LogP contribution in [-0.4, -0.2) is 43.5 Å². The van der Waals surface area contributed by atoms with E-state index in [1.165, 1.54) is 16.4 Å². The fraction of sp³-hybridized carbons (Fsp3) is 0.500. The van der Waals surface area contributed by atoms with Crippen molar-refractivity contribution in [3.8, 4) is 11.3 Å². The van der Waals surface area contributed by atoms with Crippen LogP contribution in [-0.2, 0) is 32.2 Å². The third-order valence-corrected chi connectivity index (χ3v) is 7.21. The molecule has 1 saturated heterocycles. The Hall–Kier alpha value is -2.40. The van der Waals surface area contributed by atoms with Crippen LogP contribution < -0.4 is 0 Å². The van der Waals surface area contributed by atoms with Gasteiger partial charge in [-0.05, 0) is 37.8 Å². The monoisotopic (exact) mass is 460 g/mol. The van der Waals surface area contributed by atoms with Crippen LogP contribution in [0.15, 0.2) is 33.7 Å². The van der Waals surface area contributed by atoms with Gasteiger partial charge in [-0.3, -0.25) is 4.79 Å². The van der Waals surface area contributed by atoms with E-state index in [-0.39, 0.29) is 47.7 Å². The van der Waals surface area contributed by atoms with E-state index in [1.54, 1.807) is 19.9 Å². The molecule has 0 atom stereocenters. The first-order valence-corrected chi connectivity index (χ1v) is 11.4. The number of benzene rings is 1. The molecule has 0 amide bonds. The molecule has 2 heterocycles. The zero-order valence-electron chi connectivity index (χ0n) is 17.1. The second-order valence-electron chi connectivity index (χ2n) is 7.18. The molecule has 0 bridgehead atoms. The number of rotatable bonds is 6. The molecule has 31 heavy (non-hydrogen) atoms. The highest BCUT2D eigenvalue weighted by molar-refractivity contribution is 7.89.